The van der Waals surface area contributed by atoms with Gasteiger partial charge in [-0.2, -0.15) is 0 Å². The van der Waals surface area contributed by atoms with Crippen LogP contribution in [0.25, 0.3) is 0 Å². The minimum atomic E-state index is -1.08. The molecule has 0 bridgehead atoms. The summed E-state index contributed by atoms with van der Waals surface area (Å²) in [6, 6.07) is 6.65. The molecule has 1 unspecified atom stereocenters. The second-order valence-electron chi connectivity index (χ2n) is 5.47. The first-order valence-electron chi connectivity index (χ1n) is 8.02. The highest BCUT2D eigenvalue weighted by Crippen LogP contribution is 2.12. The van der Waals surface area contributed by atoms with Gasteiger partial charge in [-0.05, 0) is 43.5 Å². The summed E-state index contributed by atoms with van der Waals surface area (Å²) in [6.07, 6.45) is 3.58. The number of carboxylic acids is 1. The predicted molar refractivity (Wildman–Crippen MR) is 89.4 cm³/mol. The van der Waals surface area contributed by atoms with Crippen LogP contribution in [0.2, 0.25) is 0 Å². The predicted octanol–water partition coefficient (Wildman–Crippen LogP) is 1.78. The first kappa shape index (κ1) is 19.1. The molecule has 0 spiro atoms. The Hall–Kier alpha value is -1.92. The van der Waals surface area contributed by atoms with E-state index >= 15 is 0 Å². The molecule has 6 nitrogen and oxygen atoms in total. The van der Waals surface area contributed by atoms with E-state index in [-0.39, 0.29) is 18.9 Å². The van der Waals surface area contributed by atoms with Gasteiger partial charge in [0.05, 0.1) is 6.42 Å². The highest BCUT2D eigenvalue weighted by Gasteiger charge is 2.20. The summed E-state index contributed by atoms with van der Waals surface area (Å²) in [5, 5.41) is 23.3. The molecule has 0 fully saturated rings. The van der Waals surface area contributed by atoms with Gasteiger partial charge in [0, 0.05) is 12.3 Å². The molecular weight excluding hydrogens is 296 g/mol. The largest absolute Gasteiger partial charge is 0.480 e. The number of carboxylic acid groups (broad SMARTS) is 1. The summed E-state index contributed by atoms with van der Waals surface area (Å²) in [4.78, 5) is 23.1. The number of benzene rings is 1. The number of nitrogens with one attached hydrogen (secondary N) is 2. The molecular formula is C17H26N2O4. The van der Waals surface area contributed by atoms with Crippen molar-refractivity contribution in [2.75, 3.05) is 18.5 Å². The summed E-state index contributed by atoms with van der Waals surface area (Å²) < 4.78 is 0. The van der Waals surface area contributed by atoms with E-state index in [1.165, 1.54) is 5.56 Å². The van der Waals surface area contributed by atoms with Crippen molar-refractivity contribution in [1.29, 1.82) is 0 Å². The highest BCUT2D eigenvalue weighted by molar-refractivity contribution is 5.94. The van der Waals surface area contributed by atoms with Crippen molar-refractivity contribution in [1.82, 2.24) is 5.32 Å². The molecule has 0 radical (unpaired) electrons. The van der Waals surface area contributed by atoms with Crippen LogP contribution in [0.5, 0.6) is 0 Å². The Morgan fingerprint density at radius 2 is 1.87 bits per heavy atom. The van der Waals surface area contributed by atoms with E-state index in [1.807, 2.05) is 24.3 Å². The standard InChI is InChI=1S/C17H26N2O4/c1-2-3-5-13-6-8-14(9-7-13)19-16(21)12-15(17(22)23)18-10-4-11-20/h6-9,15,18,20H,2-5,10-12H2,1H3,(H,19,21)(H,22,23). The van der Waals surface area contributed by atoms with Crippen LogP contribution in [-0.4, -0.2) is 41.3 Å². The zero-order chi connectivity index (χ0) is 17.1. The summed E-state index contributed by atoms with van der Waals surface area (Å²) in [5.41, 5.74) is 1.88. The van der Waals surface area contributed by atoms with Crippen LogP contribution in [0.1, 0.15) is 38.2 Å². The second kappa shape index (κ2) is 10.7. The molecule has 0 heterocycles. The molecule has 128 valence electrons. The molecule has 0 saturated heterocycles. The molecule has 1 amide bonds. The van der Waals surface area contributed by atoms with E-state index in [2.05, 4.69) is 17.6 Å². The minimum Gasteiger partial charge on any atom is -0.480 e. The zero-order valence-corrected chi connectivity index (χ0v) is 13.5. The third-order valence-corrected chi connectivity index (χ3v) is 3.47. The van der Waals surface area contributed by atoms with Gasteiger partial charge in [0.1, 0.15) is 6.04 Å². The third kappa shape index (κ3) is 7.76. The maximum absolute atomic E-state index is 12.0. The number of amides is 1. The second-order valence-corrected chi connectivity index (χ2v) is 5.47. The lowest BCUT2D eigenvalue weighted by molar-refractivity contribution is -0.141. The average molecular weight is 322 g/mol. The number of carbonyl (C=O) groups excluding carboxylic acids is 1. The lowest BCUT2D eigenvalue weighted by atomic mass is 10.1. The SMILES string of the molecule is CCCCc1ccc(NC(=O)CC(NCCCO)C(=O)O)cc1. The zero-order valence-electron chi connectivity index (χ0n) is 13.5. The van der Waals surface area contributed by atoms with Crippen molar-refractivity contribution in [2.24, 2.45) is 0 Å². The van der Waals surface area contributed by atoms with Gasteiger partial charge >= 0.3 is 5.97 Å². The van der Waals surface area contributed by atoms with Gasteiger partial charge in [-0.15, -0.1) is 0 Å². The van der Waals surface area contributed by atoms with Crippen molar-refractivity contribution in [3.8, 4) is 0 Å². The van der Waals surface area contributed by atoms with Crippen molar-refractivity contribution in [2.45, 2.75) is 45.1 Å². The van der Waals surface area contributed by atoms with Crippen LogP contribution in [-0.2, 0) is 16.0 Å². The molecule has 23 heavy (non-hydrogen) atoms. The fraction of sp³-hybridized carbons (Fsp3) is 0.529. The Labute approximate surface area is 136 Å². The monoisotopic (exact) mass is 322 g/mol. The molecule has 4 N–H and O–H groups in total. The molecule has 1 aromatic carbocycles. The van der Waals surface area contributed by atoms with Crippen molar-refractivity contribution in [3.63, 3.8) is 0 Å². The average Bonchev–Trinajstić information content (AvgIpc) is 2.53. The number of aliphatic hydroxyl groups is 1. The summed E-state index contributed by atoms with van der Waals surface area (Å²) in [5.74, 6) is -1.43. The van der Waals surface area contributed by atoms with Gasteiger partial charge in [0.25, 0.3) is 0 Å². The van der Waals surface area contributed by atoms with Crippen LogP contribution in [0.3, 0.4) is 0 Å². The number of anilines is 1. The van der Waals surface area contributed by atoms with E-state index in [1.54, 1.807) is 0 Å². The van der Waals surface area contributed by atoms with Crippen molar-refractivity contribution >= 4 is 17.6 Å². The maximum Gasteiger partial charge on any atom is 0.321 e. The Bertz CT molecular complexity index is 488. The van der Waals surface area contributed by atoms with Gasteiger partial charge in [-0.1, -0.05) is 25.5 Å². The van der Waals surface area contributed by atoms with Gasteiger partial charge in [0.15, 0.2) is 0 Å². The number of hydrogen-bond acceptors (Lipinski definition) is 4. The van der Waals surface area contributed by atoms with Gasteiger partial charge < -0.3 is 20.8 Å². The van der Waals surface area contributed by atoms with E-state index in [9.17, 15) is 9.59 Å². The lowest BCUT2D eigenvalue weighted by Gasteiger charge is -2.14. The normalized spacial score (nSPS) is 11.9. The number of unbranched alkanes of at least 4 members (excludes halogenated alkanes) is 1. The molecule has 0 aromatic heterocycles. The van der Waals surface area contributed by atoms with Crippen LogP contribution in [0.4, 0.5) is 5.69 Å². The lowest BCUT2D eigenvalue weighted by Crippen LogP contribution is -2.40. The Balaban J connectivity index is 2.48. The van der Waals surface area contributed by atoms with E-state index in [0.717, 1.165) is 19.3 Å². The molecule has 6 heteroatoms. The molecule has 0 aliphatic heterocycles. The highest BCUT2D eigenvalue weighted by atomic mass is 16.4. The van der Waals surface area contributed by atoms with Gasteiger partial charge in [-0.25, -0.2) is 0 Å². The van der Waals surface area contributed by atoms with Crippen molar-refractivity contribution in [3.05, 3.63) is 29.8 Å². The first-order valence-corrected chi connectivity index (χ1v) is 8.02. The summed E-state index contributed by atoms with van der Waals surface area (Å²) in [7, 11) is 0. The minimum absolute atomic E-state index is 0.0179. The summed E-state index contributed by atoms with van der Waals surface area (Å²) in [6.45, 7) is 2.48. The Morgan fingerprint density at radius 1 is 1.17 bits per heavy atom. The molecule has 1 atom stereocenters. The molecule has 1 aromatic rings. The van der Waals surface area contributed by atoms with Gasteiger partial charge in [0.2, 0.25) is 5.91 Å². The number of carbonyl (C=O) groups is 2. The Morgan fingerprint density at radius 3 is 2.43 bits per heavy atom. The smallest absolute Gasteiger partial charge is 0.321 e. The Kier molecular flexibility index (Phi) is 8.94. The summed E-state index contributed by atoms with van der Waals surface area (Å²) >= 11 is 0. The van der Waals surface area contributed by atoms with E-state index in [0.29, 0.717) is 18.7 Å². The maximum atomic E-state index is 12.0. The molecule has 0 saturated carbocycles. The van der Waals surface area contributed by atoms with Crippen molar-refractivity contribution < 1.29 is 19.8 Å². The third-order valence-electron chi connectivity index (χ3n) is 3.47. The number of rotatable bonds is 11. The number of aliphatic carboxylic acids is 1. The number of aryl methyl sites for hydroxylation is 1. The van der Waals surface area contributed by atoms with E-state index < -0.39 is 12.0 Å². The first-order chi connectivity index (χ1) is 11.1. The van der Waals surface area contributed by atoms with Crippen LogP contribution < -0.4 is 10.6 Å². The number of hydrogen-bond donors (Lipinski definition) is 4. The van der Waals surface area contributed by atoms with Gasteiger partial charge in [-0.3, -0.25) is 9.59 Å². The quantitative estimate of drug-likeness (QED) is 0.466. The number of aliphatic hydroxyl groups excluding tert-OH is 1. The van der Waals surface area contributed by atoms with Crippen LogP contribution in [0.15, 0.2) is 24.3 Å². The fourth-order valence-corrected chi connectivity index (χ4v) is 2.14. The molecule has 1 rings (SSSR count). The fourth-order valence-electron chi connectivity index (χ4n) is 2.14. The molecule has 0 aliphatic rings. The van der Waals surface area contributed by atoms with E-state index in [4.69, 9.17) is 10.2 Å². The topological polar surface area (TPSA) is 98.7 Å². The van der Waals surface area contributed by atoms with Crippen LogP contribution in [0, 0.1) is 0 Å². The van der Waals surface area contributed by atoms with Crippen LogP contribution >= 0.6 is 0 Å². The molecule has 0 aliphatic carbocycles.